The third-order valence-corrected chi connectivity index (χ3v) is 3.77. The fraction of sp³-hybridized carbons (Fsp3) is 0.538. The number of hydrogen-bond donors (Lipinski definition) is 1. The monoisotopic (exact) mass is 311 g/mol. The summed E-state index contributed by atoms with van der Waals surface area (Å²) in [5.41, 5.74) is 0.451. The number of likely N-dealkylation sites (N-methyl/N-ethyl adjacent to an activating group) is 1. The Kier molecular flexibility index (Phi) is 4.72. The van der Waals surface area contributed by atoms with Crippen LogP contribution >= 0.6 is 15.9 Å². The quantitative estimate of drug-likeness (QED) is 0.874. The lowest BCUT2D eigenvalue weighted by Gasteiger charge is -2.19. The van der Waals surface area contributed by atoms with Crippen molar-refractivity contribution in [1.29, 1.82) is 0 Å². The zero-order valence-corrected chi connectivity index (χ0v) is 12.1. The minimum Gasteiger partial charge on any atom is -0.349 e. The molecule has 1 amide bonds. The van der Waals surface area contributed by atoms with E-state index in [1.165, 1.54) is 12.8 Å². The van der Waals surface area contributed by atoms with Crippen LogP contribution in [0.15, 0.2) is 22.8 Å². The first-order valence-corrected chi connectivity index (χ1v) is 7.14. The van der Waals surface area contributed by atoms with Crippen LogP contribution in [0.1, 0.15) is 30.3 Å². The SMILES string of the molecule is CCN(CCNC(=O)c1ncccc1Br)C1CC1. The molecule has 1 aromatic heterocycles. The summed E-state index contributed by atoms with van der Waals surface area (Å²) in [7, 11) is 0. The van der Waals surface area contributed by atoms with Gasteiger partial charge in [0.2, 0.25) is 0 Å². The number of halogens is 1. The normalized spacial score (nSPS) is 14.8. The van der Waals surface area contributed by atoms with E-state index in [1.807, 2.05) is 6.07 Å². The van der Waals surface area contributed by atoms with Gasteiger partial charge in [-0.05, 0) is 47.4 Å². The van der Waals surface area contributed by atoms with Gasteiger partial charge in [-0.15, -0.1) is 0 Å². The second-order valence-electron chi connectivity index (χ2n) is 4.45. The highest BCUT2D eigenvalue weighted by molar-refractivity contribution is 9.10. The van der Waals surface area contributed by atoms with E-state index in [-0.39, 0.29) is 5.91 Å². The molecule has 1 N–H and O–H groups in total. The molecule has 0 spiro atoms. The van der Waals surface area contributed by atoms with E-state index in [1.54, 1.807) is 12.3 Å². The summed E-state index contributed by atoms with van der Waals surface area (Å²) in [5, 5.41) is 2.91. The van der Waals surface area contributed by atoms with Crippen LogP contribution in [0, 0.1) is 0 Å². The summed E-state index contributed by atoms with van der Waals surface area (Å²) in [6, 6.07) is 4.37. The average molecular weight is 312 g/mol. The van der Waals surface area contributed by atoms with Gasteiger partial charge < -0.3 is 5.32 Å². The van der Waals surface area contributed by atoms with Crippen molar-refractivity contribution >= 4 is 21.8 Å². The van der Waals surface area contributed by atoms with Crippen molar-refractivity contribution in [3.8, 4) is 0 Å². The van der Waals surface area contributed by atoms with E-state index >= 15 is 0 Å². The molecule has 0 aromatic carbocycles. The maximum absolute atomic E-state index is 11.9. The lowest BCUT2D eigenvalue weighted by Crippen LogP contribution is -2.36. The zero-order chi connectivity index (χ0) is 13.0. The van der Waals surface area contributed by atoms with E-state index in [9.17, 15) is 4.79 Å². The number of pyridine rings is 1. The van der Waals surface area contributed by atoms with Gasteiger partial charge in [0.1, 0.15) is 5.69 Å². The van der Waals surface area contributed by atoms with Crippen LogP contribution in [0.4, 0.5) is 0 Å². The van der Waals surface area contributed by atoms with Crippen molar-refractivity contribution in [2.24, 2.45) is 0 Å². The molecule has 98 valence electrons. The zero-order valence-electron chi connectivity index (χ0n) is 10.5. The Morgan fingerprint density at radius 3 is 3.00 bits per heavy atom. The van der Waals surface area contributed by atoms with Crippen molar-refractivity contribution in [1.82, 2.24) is 15.2 Å². The molecule has 0 aliphatic heterocycles. The number of aromatic nitrogens is 1. The summed E-state index contributed by atoms with van der Waals surface area (Å²) < 4.78 is 0.733. The van der Waals surface area contributed by atoms with E-state index < -0.39 is 0 Å². The van der Waals surface area contributed by atoms with E-state index in [0.29, 0.717) is 12.2 Å². The number of carbonyl (C=O) groups excluding carboxylic acids is 1. The van der Waals surface area contributed by atoms with Crippen LogP contribution in [0.25, 0.3) is 0 Å². The fourth-order valence-electron chi connectivity index (χ4n) is 1.99. The van der Waals surface area contributed by atoms with Gasteiger partial charge in [0, 0.05) is 29.8 Å². The van der Waals surface area contributed by atoms with Crippen molar-refractivity contribution in [2.75, 3.05) is 19.6 Å². The summed E-state index contributed by atoms with van der Waals surface area (Å²) in [5.74, 6) is -0.116. The molecule has 18 heavy (non-hydrogen) atoms. The highest BCUT2D eigenvalue weighted by Gasteiger charge is 2.27. The van der Waals surface area contributed by atoms with Gasteiger partial charge in [0.05, 0.1) is 0 Å². The summed E-state index contributed by atoms with van der Waals surface area (Å²) in [6.45, 7) is 4.80. The van der Waals surface area contributed by atoms with Crippen LogP contribution < -0.4 is 5.32 Å². The van der Waals surface area contributed by atoms with Crippen LogP contribution in [0.5, 0.6) is 0 Å². The molecule has 1 heterocycles. The molecule has 4 nitrogen and oxygen atoms in total. The third kappa shape index (κ3) is 3.53. The lowest BCUT2D eigenvalue weighted by molar-refractivity contribution is 0.0942. The molecular weight excluding hydrogens is 294 g/mol. The largest absolute Gasteiger partial charge is 0.349 e. The summed E-state index contributed by atoms with van der Waals surface area (Å²) in [6.07, 6.45) is 4.23. The van der Waals surface area contributed by atoms with Gasteiger partial charge in [-0.2, -0.15) is 0 Å². The number of nitrogens with zero attached hydrogens (tertiary/aromatic N) is 2. The molecule has 0 radical (unpaired) electrons. The fourth-order valence-corrected chi connectivity index (χ4v) is 2.42. The molecule has 0 bridgehead atoms. The first-order chi connectivity index (χ1) is 8.72. The number of rotatable bonds is 6. The predicted octanol–water partition coefficient (Wildman–Crippen LogP) is 2.06. The van der Waals surface area contributed by atoms with Gasteiger partial charge in [-0.1, -0.05) is 6.92 Å². The van der Waals surface area contributed by atoms with E-state index in [4.69, 9.17) is 0 Å². The number of nitrogens with one attached hydrogen (secondary N) is 1. The number of amides is 1. The molecule has 0 atom stereocenters. The van der Waals surface area contributed by atoms with Gasteiger partial charge in [0.15, 0.2) is 0 Å². The molecule has 0 unspecified atom stereocenters. The molecule has 1 fully saturated rings. The molecule has 1 aliphatic rings. The second-order valence-corrected chi connectivity index (χ2v) is 5.30. The average Bonchev–Trinajstić information content (AvgIpc) is 3.19. The second kappa shape index (κ2) is 6.29. The molecule has 1 saturated carbocycles. The Labute approximate surface area is 116 Å². The third-order valence-electron chi connectivity index (χ3n) is 3.13. The van der Waals surface area contributed by atoms with Crippen molar-refractivity contribution < 1.29 is 4.79 Å². The summed E-state index contributed by atoms with van der Waals surface area (Å²) in [4.78, 5) is 18.4. The molecule has 1 aliphatic carbocycles. The summed E-state index contributed by atoms with van der Waals surface area (Å²) >= 11 is 3.33. The number of hydrogen-bond acceptors (Lipinski definition) is 3. The minimum absolute atomic E-state index is 0.116. The molecule has 5 heteroatoms. The Balaban J connectivity index is 1.79. The Bertz CT molecular complexity index is 420. The van der Waals surface area contributed by atoms with Crippen LogP contribution in [0.2, 0.25) is 0 Å². The van der Waals surface area contributed by atoms with Gasteiger partial charge in [0.25, 0.3) is 5.91 Å². The maximum Gasteiger partial charge on any atom is 0.271 e. The topological polar surface area (TPSA) is 45.2 Å². The Hall–Kier alpha value is -0.940. The van der Waals surface area contributed by atoms with Crippen LogP contribution in [-0.2, 0) is 0 Å². The van der Waals surface area contributed by atoms with E-state index in [2.05, 4.69) is 38.1 Å². The molecular formula is C13H18BrN3O. The smallest absolute Gasteiger partial charge is 0.271 e. The highest BCUT2D eigenvalue weighted by Crippen LogP contribution is 2.25. The maximum atomic E-state index is 11.9. The standard InChI is InChI=1S/C13H18BrN3O/c1-2-17(10-5-6-10)9-8-16-13(18)12-11(14)4-3-7-15-12/h3-4,7,10H,2,5-6,8-9H2,1H3,(H,16,18). The minimum atomic E-state index is -0.116. The van der Waals surface area contributed by atoms with E-state index in [0.717, 1.165) is 23.6 Å². The van der Waals surface area contributed by atoms with Crippen LogP contribution in [-0.4, -0.2) is 41.5 Å². The highest BCUT2D eigenvalue weighted by atomic mass is 79.9. The Morgan fingerprint density at radius 2 is 2.39 bits per heavy atom. The van der Waals surface area contributed by atoms with Crippen molar-refractivity contribution in [3.63, 3.8) is 0 Å². The van der Waals surface area contributed by atoms with Gasteiger partial charge in [-0.25, -0.2) is 4.98 Å². The first kappa shape index (κ1) is 13.5. The number of carbonyl (C=O) groups is 1. The molecule has 1 aromatic rings. The van der Waals surface area contributed by atoms with Crippen molar-refractivity contribution in [2.45, 2.75) is 25.8 Å². The van der Waals surface area contributed by atoms with Crippen molar-refractivity contribution in [3.05, 3.63) is 28.5 Å². The molecule has 0 saturated heterocycles. The molecule has 2 rings (SSSR count). The lowest BCUT2D eigenvalue weighted by atomic mass is 10.3. The van der Waals surface area contributed by atoms with Gasteiger partial charge in [-0.3, -0.25) is 9.69 Å². The predicted molar refractivity (Wildman–Crippen MR) is 74.5 cm³/mol. The van der Waals surface area contributed by atoms with Crippen LogP contribution in [0.3, 0.4) is 0 Å². The van der Waals surface area contributed by atoms with Gasteiger partial charge >= 0.3 is 0 Å². The Morgan fingerprint density at radius 1 is 1.61 bits per heavy atom. The first-order valence-electron chi connectivity index (χ1n) is 6.35.